The molecule has 0 spiro atoms. The second-order valence-electron chi connectivity index (χ2n) is 5.53. The molecule has 1 aliphatic heterocycles. The van der Waals surface area contributed by atoms with Gasteiger partial charge in [0.25, 0.3) is 5.91 Å². The lowest BCUT2D eigenvalue weighted by Crippen LogP contribution is -2.31. The van der Waals surface area contributed by atoms with E-state index in [1.54, 1.807) is 18.2 Å². The predicted molar refractivity (Wildman–Crippen MR) is 92.1 cm³/mol. The third-order valence-corrected chi connectivity index (χ3v) is 3.89. The van der Waals surface area contributed by atoms with Crippen molar-refractivity contribution in [2.45, 2.75) is 13.3 Å². The van der Waals surface area contributed by atoms with Crippen molar-refractivity contribution in [1.82, 2.24) is 10.4 Å². The van der Waals surface area contributed by atoms with Gasteiger partial charge in [0.15, 0.2) is 0 Å². The highest BCUT2D eigenvalue weighted by Gasteiger charge is 2.21. The van der Waals surface area contributed by atoms with Gasteiger partial charge in [0.1, 0.15) is 5.69 Å². The van der Waals surface area contributed by atoms with Crippen LogP contribution < -0.4 is 10.7 Å². The van der Waals surface area contributed by atoms with Crippen molar-refractivity contribution in [2.75, 3.05) is 5.32 Å². The van der Waals surface area contributed by atoms with Gasteiger partial charge in [0, 0.05) is 29.2 Å². The highest BCUT2D eigenvalue weighted by atomic mass is 35.5. The van der Waals surface area contributed by atoms with E-state index in [1.165, 1.54) is 12.3 Å². The minimum atomic E-state index is -0.333. The van der Waals surface area contributed by atoms with E-state index in [9.17, 15) is 9.59 Å². The number of benzene rings is 1. The van der Waals surface area contributed by atoms with Crippen molar-refractivity contribution >= 4 is 34.8 Å². The van der Waals surface area contributed by atoms with Gasteiger partial charge in [-0.3, -0.25) is 14.6 Å². The highest BCUT2D eigenvalue weighted by Crippen LogP contribution is 2.19. The number of carbonyl (C=O) groups excluding carboxylic acids is 2. The summed E-state index contributed by atoms with van der Waals surface area (Å²) in [4.78, 5) is 27.4. The molecule has 0 saturated heterocycles. The molecule has 1 unspecified atom stereocenters. The Morgan fingerprint density at radius 3 is 2.71 bits per heavy atom. The van der Waals surface area contributed by atoms with E-state index in [1.807, 2.05) is 19.1 Å². The molecule has 2 aromatic rings. The van der Waals surface area contributed by atoms with Crippen molar-refractivity contribution in [2.24, 2.45) is 11.0 Å². The van der Waals surface area contributed by atoms with Gasteiger partial charge < -0.3 is 5.32 Å². The number of aromatic nitrogens is 1. The first kappa shape index (κ1) is 16.1. The first-order chi connectivity index (χ1) is 11.5. The Labute approximate surface area is 143 Å². The maximum Gasteiger partial charge on any atom is 0.274 e. The van der Waals surface area contributed by atoms with Gasteiger partial charge in [-0.2, -0.15) is 5.10 Å². The summed E-state index contributed by atoms with van der Waals surface area (Å²) < 4.78 is 0. The molecule has 6 nitrogen and oxygen atoms in total. The number of hydrogen-bond donors (Lipinski definition) is 2. The van der Waals surface area contributed by atoms with Crippen LogP contribution in [0.1, 0.15) is 29.4 Å². The summed E-state index contributed by atoms with van der Waals surface area (Å²) in [6.45, 7) is 1.96. The van der Waals surface area contributed by atoms with E-state index in [0.717, 1.165) is 11.3 Å². The van der Waals surface area contributed by atoms with E-state index in [0.29, 0.717) is 17.1 Å². The van der Waals surface area contributed by atoms with Crippen LogP contribution in [0.2, 0.25) is 5.02 Å². The number of nitrogens with zero attached hydrogens (tertiary/aromatic N) is 2. The fourth-order valence-corrected chi connectivity index (χ4v) is 2.61. The van der Waals surface area contributed by atoms with Gasteiger partial charge in [0.05, 0.1) is 5.71 Å². The van der Waals surface area contributed by atoms with Gasteiger partial charge in [-0.25, -0.2) is 5.43 Å². The molecule has 1 aliphatic rings. The molecule has 7 heteroatoms. The first-order valence-electron chi connectivity index (χ1n) is 7.42. The summed E-state index contributed by atoms with van der Waals surface area (Å²) in [5.41, 5.74) is 5.11. The summed E-state index contributed by atoms with van der Waals surface area (Å²) in [6, 6.07) is 10.4. The summed E-state index contributed by atoms with van der Waals surface area (Å²) in [5, 5.41) is 7.33. The Hall–Kier alpha value is -2.73. The van der Waals surface area contributed by atoms with Crippen molar-refractivity contribution in [1.29, 1.82) is 0 Å². The Morgan fingerprint density at radius 1 is 1.29 bits per heavy atom. The van der Waals surface area contributed by atoms with Gasteiger partial charge in [0.2, 0.25) is 5.91 Å². The third kappa shape index (κ3) is 3.60. The third-order valence-electron chi connectivity index (χ3n) is 3.65. The Balaban J connectivity index is 1.73. The fourth-order valence-electron chi connectivity index (χ4n) is 2.45. The van der Waals surface area contributed by atoms with Crippen molar-refractivity contribution in [3.63, 3.8) is 0 Å². The molecule has 2 heterocycles. The quantitative estimate of drug-likeness (QED) is 0.899. The molecule has 0 fully saturated rings. The maximum absolute atomic E-state index is 12.1. The van der Waals surface area contributed by atoms with Gasteiger partial charge in [-0.05, 0) is 29.8 Å². The van der Waals surface area contributed by atoms with E-state index in [2.05, 4.69) is 20.8 Å². The number of amides is 2. The number of hydrogen-bond acceptors (Lipinski definition) is 4. The molecule has 2 amide bonds. The second-order valence-corrected chi connectivity index (χ2v) is 5.96. The number of anilines is 1. The van der Waals surface area contributed by atoms with Gasteiger partial charge in [-0.15, -0.1) is 0 Å². The topological polar surface area (TPSA) is 83.5 Å². The van der Waals surface area contributed by atoms with Crippen molar-refractivity contribution in [3.8, 4) is 0 Å². The lowest BCUT2D eigenvalue weighted by Gasteiger charge is -2.19. The number of hydrazone groups is 1. The van der Waals surface area contributed by atoms with Crippen LogP contribution in [0, 0.1) is 5.92 Å². The summed E-state index contributed by atoms with van der Waals surface area (Å²) in [7, 11) is 0. The average molecular weight is 343 g/mol. The van der Waals surface area contributed by atoms with Crippen LogP contribution in [0.3, 0.4) is 0 Å². The zero-order valence-corrected chi connectivity index (χ0v) is 13.7. The van der Waals surface area contributed by atoms with E-state index in [-0.39, 0.29) is 23.4 Å². The van der Waals surface area contributed by atoms with Crippen LogP contribution in [0.5, 0.6) is 0 Å². The van der Waals surface area contributed by atoms with Crippen LogP contribution >= 0.6 is 11.6 Å². The van der Waals surface area contributed by atoms with Crippen LogP contribution in [0.25, 0.3) is 0 Å². The SMILES string of the molecule is CC1CC(=O)NN=C1c1ccc(NC(=O)c2cc(Cl)ccn2)cc1. The average Bonchev–Trinajstić information content (AvgIpc) is 2.56. The molecular formula is C17H15ClN4O2. The van der Waals surface area contributed by atoms with E-state index in [4.69, 9.17) is 11.6 Å². The summed E-state index contributed by atoms with van der Waals surface area (Å²) in [6.07, 6.45) is 1.90. The van der Waals surface area contributed by atoms with Gasteiger partial charge >= 0.3 is 0 Å². The molecular weight excluding hydrogens is 328 g/mol. The lowest BCUT2D eigenvalue weighted by atomic mass is 9.94. The highest BCUT2D eigenvalue weighted by molar-refractivity contribution is 6.31. The first-order valence-corrected chi connectivity index (χ1v) is 7.80. The van der Waals surface area contributed by atoms with Crippen LogP contribution in [0.15, 0.2) is 47.7 Å². The monoisotopic (exact) mass is 342 g/mol. The van der Waals surface area contributed by atoms with E-state index < -0.39 is 0 Å². The maximum atomic E-state index is 12.1. The number of carbonyl (C=O) groups is 2. The Bertz CT molecular complexity index is 818. The van der Waals surface area contributed by atoms with Gasteiger partial charge in [-0.1, -0.05) is 30.7 Å². The molecule has 24 heavy (non-hydrogen) atoms. The fraction of sp³-hybridized carbons (Fsp3) is 0.176. The van der Waals surface area contributed by atoms with Crippen molar-refractivity contribution in [3.05, 3.63) is 58.9 Å². The molecule has 2 N–H and O–H groups in total. The molecule has 122 valence electrons. The number of halogens is 1. The summed E-state index contributed by atoms with van der Waals surface area (Å²) >= 11 is 5.86. The molecule has 3 rings (SSSR count). The molecule has 0 saturated carbocycles. The molecule has 1 aromatic carbocycles. The Kier molecular flexibility index (Phi) is 4.57. The van der Waals surface area contributed by atoms with Crippen LogP contribution in [-0.2, 0) is 4.79 Å². The van der Waals surface area contributed by atoms with E-state index >= 15 is 0 Å². The lowest BCUT2D eigenvalue weighted by molar-refractivity contribution is -0.121. The van der Waals surface area contributed by atoms with Crippen molar-refractivity contribution < 1.29 is 9.59 Å². The largest absolute Gasteiger partial charge is 0.321 e. The minimum Gasteiger partial charge on any atom is -0.321 e. The number of pyridine rings is 1. The second kappa shape index (κ2) is 6.80. The molecule has 0 aliphatic carbocycles. The van der Waals surface area contributed by atoms with Crippen LogP contribution in [-0.4, -0.2) is 22.5 Å². The number of rotatable bonds is 3. The zero-order valence-electron chi connectivity index (χ0n) is 12.9. The summed E-state index contributed by atoms with van der Waals surface area (Å²) in [5.74, 6) is -0.361. The predicted octanol–water partition coefficient (Wildman–Crippen LogP) is 2.85. The standard InChI is InChI=1S/C17H15ClN4O2/c1-10-8-15(23)21-22-16(10)11-2-4-13(5-3-11)20-17(24)14-9-12(18)6-7-19-14/h2-7,9-10H,8H2,1H3,(H,20,24)(H,21,23). The molecule has 0 radical (unpaired) electrons. The Morgan fingerprint density at radius 2 is 2.04 bits per heavy atom. The smallest absolute Gasteiger partial charge is 0.274 e. The normalized spacial score (nSPS) is 17.0. The zero-order chi connectivity index (χ0) is 17.1. The minimum absolute atomic E-state index is 0.0508. The van der Waals surface area contributed by atoms with Crippen LogP contribution in [0.4, 0.5) is 5.69 Å². The molecule has 1 aromatic heterocycles. The molecule has 0 bridgehead atoms. The number of nitrogens with one attached hydrogen (secondary N) is 2. The molecule has 1 atom stereocenters.